The van der Waals surface area contributed by atoms with Gasteiger partial charge in [-0.1, -0.05) is 16.9 Å². The van der Waals surface area contributed by atoms with Gasteiger partial charge in [0.1, 0.15) is 0 Å². The van der Waals surface area contributed by atoms with Crippen molar-refractivity contribution in [1.82, 2.24) is 4.73 Å². The Labute approximate surface area is 107 Å². The molecule has 0 amide bonds. The first-order chi connectivity index (χ1) is 8.80. The van der Waals surface area contributed by atoms with Crippen LogP contribution in [0, 0.1) is 0 Å². The maximum absolute atomic E-state index is 12.2. The second-order valence-corrected chi connectivity index (χ2v) is 5.44. The van der Waals surface area contributed by atoms with Crippen LogP contribution in [0.1, 0.15) is 29.4 Å². The van der Waals surface area contributed by atoms with Gasteiger partial charge in [0.05, 0.1) is 0 Å². The third-order valence-electron chi connectivity index (χ3n) is 3.31. The Morgan fingerprint density at radius 3 is 2.11 bits per heavy atom. The highest BCUT2D eigenvalue weighted by atomic mass is 32.2. The Morgan fingerprint density at radius 1 is 1.21 bits per heavy atom. The number of nitrogens with zero attached hydrogens (tertiary/aromatic N) is 1. The Morgan fingerprint density at radius 2 is 1.68 bits per heavy atom. The molecule has 1 aromatic heterocycles. The number of hydrogen-bond donors (Lipinski definition) is 2. The maximum atomic E-state index is 12.2. The summed E-state index contributed by atoms with van der Waals surface area (Å²) >= 11 is -3.66. The lowest BCUT2D eigenvalue weighted by molar-refractivity contribution is -0.0483. The summed E-state index contributed by atoms with van der Waals surface area (Å²) < 4.78 is 51.6. The molecule has 2 aliphatic carbocycles. The van der Waals surface area contributed by atoms with E-state index in [-0.39, 0.29) is 16.6 Å². The van der Waals surface area contributed by atoms with E-state index in [9.17, 15) is 27.6 Å². The van der Waals surface area contributed by atoms with E-state index in [0.29, 0.717) is 17.5 Å². The number of rotatable bonds is 2. The van der Waals surface area contributed by atoms with Gasteiger partial charge >= 0.3 is 16.6 Å². The molecule has 2 bridgehead atoms. The van der Waals surface area contributed by atoms with Crippen molar-refractivity contribution in [2.24, 2.45) is 0 Å². The predicted octanol–water partition coefficient (Wildman–Crippen LogP) is 1.65. The molecule has 19 heavy (non-hydrogen) atoms. The second kappa shape index (κ2) is 3.69. The summed E-state index contributed by atoms with van der Waals surface area (Å²) in [5.41, 5.74) is -4.42. The van der Waals surface area contributed by atoms with Crippen LogP contribution in [-0.2, 0) is 11.1 Å². The summed E-state index contributed by atoms with van der Waals surface area (Å²) in [5, 5.41) is 19.6. The van der Waals surface area contributed by atoms with Gasteiger partial charge in [0, 0.05) is 23.0 Å². The molecule has 0 fully saturated rings. The second-order valence-electron chi connectivity index (χ2n) is 4.36. The van der Waals surface area contributed by atoms with E-state index in [4.69, 9.17) is 0 Å². The molecule has 0 spiro atoms. The first-order valence-electron chi connectivity index (χ1n) is 5.33. The fourth-order valence-corrected chi connectivity index (χ4v) is 2.96. The van der Waals surface area contributed by atoms with Crippen molar-refractivity contribution in [2.45, 2.75) is 23.8 Å². The van der Waals surface area contributed by atoms with Crippen LogP contribution in [0.15, 0.2) is 12.2 Å². The number of alkyl halides is 3. The average Bonchev–Trinajstić information content (AvgIpc) is 2.97. The molecule has 3 rings (SSSR count). The van der Waals surface area contributed by atoms with E-state index in [0.717, 1.165) is 0 Å². The van der Waals surface area contributed by atoms with Gasteiger partial charge in [0.15, 0.2) is 0 Å². The maximum Gasteiger partial charge on any atom is 0.510 e. The molecule has 0 saturated carbocycles. The van der Waals surface area contributed by atoms with E-state index in [2.05, 4.69) is 4.28 Å². The van der Waals surface area contributed by atoms with Crippen molar-refractivity contribution >= 4 is 11.1 Å². The van der Waals surface area contributed by atoms with Gasteiger partial charge in [-0.05, 0) is 6.42 Å². The lowest BCUT2D eigenvalue weighted by Crippen LogP contribution is -2.26. The zero-order valence-electron chi connectivity index (χ0n) is 9.22. The van der Waals surface area contributed by atoms with Crippen LogP contribution in [-0.4, -0.2) is 24.7 Å². The Balaban J connectivity index is 2.00. The van der Waals surface area contributed by atoms with Gasteiger partial charge in [-0.3, -0.25) is 4.28 Å². The molecule has 3 unspecified atom stereocenters. The standard InChI is InChI=1S/C10H8F3NO4S/c11-10(12,13)19(17)18-14-8(15)6-4-1-2-5(3-4)7(6)9(14)16/h1-2,4-5,15-16H,3H2. The molecule has 2 aliphatic rings. The molecule has 1 heterocycles. The molecule has 0 saturated heterocycles. The zero-order valence-corrected chi connectivity index (χ0v) is 10.0. The molecule has 0 radical (unpaired) electrons. The molecular weight excluding hydrogens is 287 g/mol. The normalized spacial score (nSPS) is 25.6. The topological polar surface area (TPSA) is 71.7 Å². The monoisotopic (exact) mass is 295 g/mol. The highest BCUT2D eigenvalue weighted by Gasteiger charge is 2.45. The van der Waals surface area contributed by atoms with Crippen LogP contribution in [0.3, 0.4) is 0 Å². The quantitative estimate of drug-likeness (QED) is 0.814. The largest absolute Gasteiger partial charge is 0.510 e. The van der Waals surface area contributed by atoms with Crippen molar-refractivity contribution in [3.8, 4) is 11.8 Å². The first-order valence-corrected chi connectivity index (χ1v) is 6.40. The van der Waals surface area contributed by atoms with Gasteiger partial charge in [0.25, 0.3) is 0 Å². The summed E-state index contributed by atoms with van der Waals surface area (Å²) in [6.45, 7) is 0. The fourth-order valence-electron chi connectivity index (χ4n) is 2.60. The van der Waals surface area contributed by atoms with Crippen molar-refractivity contribution in [2.75, 3.05) is 0 Å². The molecule has 0 aromatic carbocycles. The number of fused-ring (bicyclic) bond motifs is 5. The molecular formula is C10H8F3NO4S. The van der Waals surface area contributed by atoms with Crippen molar-refractivity contribution in [3.05, 3.63) is 23.3 Å². The Hall–Kier alpha value is -1.64. The van der Waals surface area contributed by atoms with Crippen LogP contribution in [0.25, 0.3) is 0 Å². The van der Waals surface area contributed by atoms with E-state index in [1.165, 1.54) is 0 Å². The molecule has 0 aliphatic heterocycles. The minimum Gasteiger partial charge on any atom is -0.492 e. The summed E-state index contributed by atoms with van der Waals surface area (Å²) in [6.07, 6.45) is 4.27. The van der Waals surface area contributed by atoms with Crippen LogP contribution >= 0.6 is 0 Å². The summed E-state index contributed by atoms with van der Waals surface area (Å²) in [6, 6.07) is 0. The molecule has 104 valence electrons. The third-order valence-corrected chi connectivity index (χ3v) is 3.98. The Bertz CT molecular complexity index is 571. The fraction of sp³-hybridized carbons (Fsp3) is 0.400. The van der Waals surface area contributed by atoms with Gasteiger partial charge in [-0.25, -0.2) is 4.21 Å². The number of aromatic nitrogens is 1. The lowest BCUT2D eigenvalue weighted by atomic mass is 10.0. The van der Waals surface area contributed by atoms with E-state index >= 15 is 0 Å². The van der Waals surface area contributed by atoms with Gasteiger partial charge in [-0.2, -0.15) is 13.2 Å². The van der Waals surface area contributed by atoms with Crippen LogP contribution in [0.5, 0.6) is 11.8 Å². The van der Waals surface area contributed by atoms with Crippen molar-refractivity contribution < 1.29 is 31.9 Å². The van der Waals surface area contributed by atoms with E-state index < -0.39 is 28.3 Å². The van der Waals surface area contributed by atoms with Crippen molar-refractivity contribution in [1.29, 1.82) is 0 Å². The summed E-state index contributed by atoms with van der Waals surface area (Å²) in [4.78, 5) is 0. The van der Waals surface area contributed by atoms with Gasteiger partial charge in [-0.15, -0.1) is 0 Å². The highest BCUT2D eigenvalue weighted by molar-refractivity contribution is 7.81. The zero-order chi connectivity index (χ0) is 13.9. The van der Waals surface area contributed by atoms with Gasteiger partial charge < -0.3 is 10.2 Å². The predicted molar refractivity (Wildman–Crippen MR) is 57.8 cm³/mol. The van der Waals surface area contributed by atoms with E-state index in [1.807, 2.05) is 0 Å². The molecule has 3 atom stereocenters. The SMILES string of the molecule is O=S(On1c(O)c2c(c1O)C1C=CC2C1)C(F)(F)F. The molecule has 9 heteroatoms. The minimum absolute atomic E-state index is 0.157. The minimum atomic E-state index is -5.09. The van der Waals surface area contributed by atoms with Crippen LogP contribution < -0.4 is 4.28 Å². The molecule has 1 aromatic rings. The molecule has 2 N–H and O–H groups in total. The number of halogens is 3. The average molecular weight is 295 g/mol. The number of allylic oxidation sites excluding steroid dienone is 2. The van der Waals surface area contributed by atoms with E-state index in [1.54, 1.807) is 12.2 Å². The van der Waals surface area contributed by atoms with Crippen molar-refractivity contribution in [3.63, 3.8) is 0 Å². The summed E-state index contributed by atoms with van der Waals surface area (Å²) in [7, 11) is 0. The third kappa shape index (κ3) is 1.64. The van der Waals surface area contributed by atoms with Gasteiger partial charge in [0.2, 0.25) is 11.8 Å². The van der Waals surface area contributed by atoms with Crippen LogP contribution in [0.4, 0.5) is 13.2 Å². The summed E-state index contributed by atoms with van der Waals surface area (Å²) in [5.74, 6) is -1.59. The van der Waals surface area contributed by atoms with Crippen LogP contribution in [0.2, 0.25) is 0 Å². The first kappa shape index (κ1) is 12.4. The number of hydrogen-bond acceptors (Lipinski definition) is 4. The highest BCUT2D eigenvalue weighted by Crippen LogP contribution is 2.56. The molecule has 5 nitrogen and oxygen atoms in total. The Kier molecular flexibility index (Phi) is 2.40. The number of aromatic hydroxyl groups is 2. The lowest BCUT2D eigenvalue weighted by Gasteiger charge is -2.10. The smallest absolute Gasteiger partial charge is 0.492 e.